The molecule has 1 N–H and O–H groups in total. The number of thiophene rings is 1. The quantitative estimate of drug-likeness (QED) is 0.501. The van der Waals surface area contributed by atoms with Gasteiger partial charge in [-0.2, -0.15) is 4.98 Å². The zero-order valence-corrected chi connectivity index (χ0v) is 17.6. The smallest absolute Gasteiger partial charge is 0.266 e. The zero-order chi connectivity index (χ0) is 21.3. The number of fused-ring (bicyclic) bond motifs is 1. The summed E-state index contributed by atoms with van der Waals surface area (Å²) in [7, 11) is 3.12. The van der Waals surface area contributed by atoms with Crippen molar-refractivity contribution in [2.45, 2.75) is 20.5 Å². The SMILES string of the molecule is COCc1nc(OC)c2c(C)c(C(=O)Nc3ccc(-n4cnnn4)c(C)c3)sc2n1. The highest BCUT2D eigenvalue weighted by Gasteiger charge is 2.21. The van der Waals surface area contributed by atoms with Crippen LogP contribution in [0.5, 0.6) is 5.88 Å². The van der Waals surface area contributed by atoms with Crippen molar-refractivity contribution in [1.29, 1.82) is 0 Å². The fourth-order valence-electron chi connectivity index (χ4n) is 3.15. The second kappa shape index (κ2) is 8.13. The van der Waals surface area contributed by atoms with Gasteiger partial charge < -0.3 is 14.8 Å². The molecule has 10 nitrogen and oxygen atoms in total. The number of benzene rings is 1. The predicted molar refractivity (Wildman–Crippen MR) is 111 cm³/mol. The summed E-state index contributed by atoms with van der Waals surface area (Å²) >= 11 is 1.30. The van der Waals surface area contributed by atoms with Crippen molar-refractivity contribution < 1.29 is 14.3 Å². The van der Waals surface area contributed by atoms with Crippen molar-refractivity contribution in [3.05, 3.63) is 46.4 Å². The standard InChI is InChI=1S/C19H19N7O3S/c1-10-7-12(5-6-13(10)26-9-20-24-25-26)21-17(27)16-11(2)15-18(29-4)22-14(8-28-3)23-19(15)30-16/h5-7,9H,8H2,1-4H3,(H,21,27). The van der Waals surface area contributed by atoms with Gasteiger partial charge in [-0.15, -0.1) is 16.4 Å². The molecule has 11 heteroatoms. The molecule has 0 fully saturated rings. The molecular formula is C19H19N7O3S. The monoisotopic (exact) mass is 425 g/mol. The Kier molecular flexibility index (Phi) is 5.38. The van der Waals surface area contributed by atoms with Gasteiger partial charge in [0.15, 0.2) is 5.82 Å². The molecule has 30 heavy (non-hydrogen) atoms. The van der Waals surface area contributed by atoms with E-state index in [0.717, 1.165) is 22.2 Å². The second-order valence-electron chi connectivity index (χ2n) is 6.53. The first-order valence-electron chi connectivity index (χ1n) is 9.00. The van der Waals surface area contributed by atoms with Gasteiger partial charge in [0.05, 0.1) is 23.1 Å². The summed E-state index contributed by atoms with van der Waals surface area (Å²) in [6, 6.07) is 5.53. The number of aromatic nitrogens is 6. The van der Waals surface area contributed by atoms with Crippen LogP contribution in [0.4, 0.5) is 5.69 Å². The van der Waals surface area contributed by atoms with Crippen molar-refractivity contribution >= 4 is 33.1 Å². The number of carbonyl (C=O) groups excluding carboxylic acids is 1. The Bertz CT molecular complexity index is 1220. The number of hydrogen-bond donors (Lipinski definition) is 1. The molecule has 4 aromatic rings. The fourth-order valence-corrected chi connectivity index (χ4v) is 4.24. The lowest BCUT2D eigenvalue weighted by Crippen LogP contribution is -2.12. The highest BCUT2D eigenvalue weighted by Crippen LogP contribution is 2.35. The Labute approximate surface area is 175 Å². The highest BCUT2D eigenvalue weighted by atomic mass is 32.1. The summed E-state index contributed by atoms with van der Waals surface area (Å²) in [4.78, 5) is 23.1. The average molecular weight is 425 g/mol. The molecule has 0 unspecified atom stereocenters. The first kappa shape index (κ1) is 19.9. The number of anilines is 1. The number of methoxy groups -OCH3 is 2. The third-order valence-corrected chi connectivity index (χ3v) is 5.71. The van der Waals surface area contributed by atoms with Crippen molar-refractivity contribution in [2.75, 3.05) is 19.5 Å². The molecular weight excluding hydrogens is 406 g/mol. The van der Waals surface area contributed by atoms with E-state index in [1.54, 1.807) is 18.9 Å². The predicted octanol–water partition coefficient (Wildman–Crippen LogP) is 2.69. The number of aryl methyl sites for hydroxylation is 2. The minimum atomic E-state index is -0.222. The van der Waals surface area contributed by atoms with Crippen LogP contribution in [0, 0.1) is 13.8 Å². The van der Waals surface area contributed by atoms with E-state index in [9.17, 15) is 4.79 Å². The number of ether oxygens (including phenoxy) is 2. The van der Waals surface area contributed by atoms with Crippen LogP contribution in [0.1, 0.15) is 26.6 Å². The molecule has 0 bridgehead atoms. The summed E-state index contributed by atoms with van der Waals surface area (Å²) in [6.45, 7) is 4.05. The molecule has 1 aromatic carbocycles. The van der Waals surface area contributed by atoms with E-state index in [4.69, 9.17) is 9.47 Å². The number of nitrogens with one attached hydrogen (secondary N) is 1. The molecule has 0 aliphatic carbocycles. The van der Waals surface area contributed by atoms with Gasteiger partial charge in [-0.3, -0.25) is 4.79 Å². The maximum Gasteiger partial charge on any atom is 0.266 e. The lowest BCUT2D eigenvalue weighted by atomic mass is 10.1. The van der Waals surface area contributed by atoms with Crippen molar-refractivity contribution in [3.8, 4) is 11.6 Å². The lowest BCUT2D eigenvalue weighted by Gasteiger charge is -2.09. The van der Waals surface area contributed by atoms with Crippen molar-refractivity contribution in [2.24, 2.45) is 0 Å². The summed E-state index contributed by atoms with van der Waals surface area (Å²) in [5.41, 5.74) is 3.20. The lowest BCUT2D eigenvalue weighted by molar-refractivity contribution is 0.103. The van der Waals surface area contributed by atoms with Crippen LogP contribution in [0.2, 0.25) is 0 Å². The second-order valence-corrected chi connectivity index (χ2v) is 7.53. The average Bonchev–Trinajstić information content (AvgIpc) is 3.36. The Morgan fingerprint density at radius 1 is 1.23 bits per heavy atom. The topological polar surface area (TPSA) is 117 Å². The van der Waals surface area contributed by atoms with E-state index in [-0.39, 0.29) is 12.5 Å². The van der Waals surface area contributed by atoms with E-state index in [1.165, 1.54) is 17.7 Å². The number of amides is 1. The van der Waals surface area contributed by atoms with Gasteiger partial charge in [0, 0.05) is 12.8 Å². The number of hydrogen-bond acceptors (Lipinski definition) is 9. The third kappa shape index (κ3) is 3.60. The molecule has 1 amide bonds. The number of nitrogens with zero attached hydrogens (tertiary/aromatic N) is 6. The molecule has 3 heterocycles. The minimum Gasteiger partial charge on any atom is -0.480 e. The molecule has 0 saturated carbocycles. The summed E-state index contributed by atoms with van der Waals surface area (Å²) in [5.74, 6) is 0.714. The first-order valence-corrected chi connectivity index (χ1v) is 9.81. The maximum atomic E-state index is 13.0. The van der Waals surface area contributed by atoms with Crippen LogP contribution in [0.3, 0.4) is 0 Å². The maximum absolute atomic E-state index is 13.0. The normalized spacial score (nSPS) is 11.1. The summed E-state index contributed by atoms with van der Waals surface area (Å²) in [6.07, 6.45) is 1.52. The molecule has 0 aliphatic heterocycles. The molecule has 3 aromatic heterocycles. The van der Waals surface area contributed by atoms with E-state index in [0.29, 0.717) is 27.1 Å². The van der Waals surface area contributed by atoms with E-state index in [1.807, 2.05) is 32.0 Å². The van der Waals surface area contributed by atoms with Crippen LogP contribution >= 0.6 is 11.3 Å². The molecule has 0 atom stereocenters. The Balaban J connectivity index is 1.65. The Hall–Kier alpha value is -3.44. The van der Waals surface area contributed by atoms with Crippen LogP contribution in [0.15, 0.2) is 24.5 Å². The Morgan fingerprint density at radius 2 is 2.07 bits per heavy atom. The fraction of sp³-hybridized carbons (Fsp3) is 0.263. The van der Waals surface area contributed by atoms with Gasteiger partial charge in [0.25, 0.3) is 5.91 Å². The van der Waals surface area contributed by atoms with Gasteiger partial charge in [0.1, 0.15) is 17.8 Å². The number of rotatable bonds is 6. The largest absolute Gasteiger partial charge is 0.480 e. The van der Waals surface area contributed by atoms with Gasteiger partial charge in [-0.25, -0.2) is 9.67 Å². The molecule has 0 saturated heterocycles. The molecule has 0 spiro atoms. The van der Waals surface area contributed by atoms with Crippen molar-refractivity contribution in [1.82, 2.24) is 30.2 Å². The van der Waals surface area contributed by atoms with E-state index >= 15 is 0 Å². The van der Waals surface area contributed by atoms with Gasteiger partial charge >= 0.3 is 0 Å². The van der Waals surface area contributed by atoms with Gasteiger partial charge in [-0.05, 0) is 53.6 Å². The number of carbonyl (C=O) groups is 1. The van der Waals surface area contributed by atoms with Crippen LogP contribution in [0.25, 0.3) is 15.9 Å². The molecule has 4 rings (SSSR count). The summed E-state index contributed by atoms with van der Waals surface area (Å²) < 4.78 is 12.1. The number of tetrazole rings is 1. The third-order valence-electron chi connectivity index (χ3n) is 4.53. The zero-order valence-electron chi connectivity index (χ0n) is 16.8. The highest BCUT2D eigenvalue weighted by molar-refractivity contribution is 7.20. The molecule has 154 valence electrons. The molecule has 0 radical (unpaired) electrons. The van der Waals surface area contributed by atoms with Gasteiger partial charge in [0.2, 0.25) is 5.88 Å². The van der Waals surface area contributed by atoms with E-state index in [2.05, 4.69) is 30.8 Å². The minimum absolute atomic E-state index is 0.222. The van der Waals surface area contributed by atoms with E-state index < -0.39 is 0 Å². The van der Waals surface area contributed by atoms with Crippen molar-refractivity contribution in [3.63, 3.8) is 0 Å². The van der Waals surface area contributed by atoms with Crippen LogP contribution in [-0.4, -0.2) is 50.3 Å². The first-order chi connectivity index (χ1) is 14.5. The molecule has 0 aliphatic rings. The van der Waals surface area contributed by atoms with Crippen LogP contribution in [-0.2, 0) is 11.3 Å². The summed E-state index contributed by atoms with van der Waals surface area (Å²) in [5, 5.41) is 14.9. The Morgan fingerprint density at radius 3 is 2.73 bits per heavy atom. The van der Waals surface area contributed by atoms with Crippen LogP contribution < -0.4 is 10.1 Å². The van der Waals surface area contributed by atoms with Gasteiger partial charge in [-0.1, -0.05) is 0 Å².